The van der Waals surface area contributed by atoms with Gasteiger partial charge < -0.3 is 19.3 Å². The minimum absolute atomic E-state index is 0.104. The van der Waals surface area contributed by atoms with Crippen molar-refractivity contribution in [2.45, 2.75) is 12.8 Å². The Hall–Kier alpha value is -2.78. The first-order valence-electron chi connectivity index (χ1n) is 9.90. The molecule has 1 heterocycles. The maximum Gasteiger partial charge on any atom is 0.411 e. The van der Waals surface area contributed by atoms with E-state index in [0.29, 0.717) is 48.1 Å². The van der Waals surface area contributed by atoms with Gasteiger partial charge in [-0.15, -0.1) is 0 Å². The third-order valence-corrected chi connectivity index (χ3v) is 5.08. The Morgan fingerprint density at radius 3 is 2.09 bits per heavy atom. The van der Waals surface area contributed by atoms with Crippen LogP contribution in [0.15, 0.2) is 48.5 Å². The highest BCUT2D eigenvalue weighted by molar-refractivity contribution is 6.30. The van der Waals surface area contributed by atoms with Crippen LogP contribution in [-0.4, -0.2) is 67.2 Å². The van der Waals surface area contributed by atoms with Crippen molar-refractivity contribution >= 4 is 23.4 Å². The average Bonchev–Trinajstić information content (AvgIpc) is 2.78. The van der Waals surface area contributed by atoms with Crippen LogP contribution in [0.4, 0.5) is 13.2 Å². The van der Waals surface area contributed by atoms with Gasteiger partial charge in [-0.25, -0.2) is 0 Å². The molecule has 0 spiro atoms. The van der Waals surface area contributed by atoms with Crippen molar-refractivity contribution in [1.82, 2.24) is 9.80 Å². The monoisotopic (exact) mass is 470 g/mol. The van der Waals surface area contributed by atoms with E-state index in [1.807, 2.05) is 0 Å². The molecule has 1 saturated heterocycles. The summed E-state index contributed by atoms with van der Waals surface area (Å²) in [5.74, 6) is 0.177. The van der Waals surface area contributed by atoms with E-state index in [9.17, 15) is 22.8 Å². The van der Waals surface area contributed by atoms with E-state index < -0.39 is 12.8 Å². The molecule has 10 heteroatoms. The van der Waals surface area contributed by atoms with Crippen molar-refractivity contribution in [2.24, 2.45) is 0 Å². The van der Waals surface area contributed by atoms with Crippen LogP contribution in [0.1, 0.15) is 15.9 Å². The Labute approximate surface area is 188 Å². The average molecular weight is 471 g/mol. The molecule has 0 N–H and O–H groups in total. The standard InChI is InChI=1S/C22H22ClF3N2O4/c23-18-5-7-19(8-6-18)32-14-20(29)27-9-11-28(12-10-27)21(30)17-3-1-16(2-4-17)13-31-15-22(24,25)26/h1-8H,9-15H2. The lowest BCUT2D eigenvalue weighted by Gasteiger charge is -2.34. The van der Waals surface area contributed by atoms with E-state index in [0.717, 1.165) is 0 Å². The number of piperazine rings is 1. The molecule has 3 rings (SSSR count). The molecule has 0 radical (unpaired) electrons. The fraction of sp³-hybridized carbons (Fsp3) is 0.364. The van der Waals surface area contributed by atoms with E-state index in [1.54, 1.807) is 58.3 Å². The zero-order valence-electron chi connectivity index (χ0n) is 17.1. The number of rotatable bonds is 7. The van der Waals surface area contributed by atoms with Gasteiger partial charge in [-0.3, -0.25) is 9.59 Å². The molecule has 0 bridgehead atoms. The number of carbonyl (C=O) groups is 2. The summed E-state index contributed by atoms with van der Waals surface area (Å²) in [4.78, 5) is 28.3. The van der Waals surface area contributed by atoms with Crippen LogP contribution in [-0.2, 0) is 16.1 Å². The normalized spacial score (nSPS) is 14.4. The van der Waals surface area contributed by atoms with Crippen molar-refractivity contribution in [3.8, 4) is 5.75 Å². The third-order valence-electron chi connectivity index (χ3n) is 4.83. The Morgan fingerprint density at radius 2 is 1.50 bits per heavy atom. The van der Waals surface area contributed by atoms with Crippen molar-refractivity contribution < 1.29 is 32.2 Å². The van der Waals surface area contributed by atoms with Gasteiger partial charge in [0.05, 0.1) is 6.61 Å². The Kier molecular flexibility index (Phi) is 7.98. The minimum atomic E-state index is -4.37. The number of benzene rings is 2. The molecule has 0 atom stereocenters. The summed E-state index contributed by atoms with van der Waals surface area (Å²) in [5.41, 5.74) is 0.970. The number of hydrogen-bond acceptors (Lipinski definition) is 4. The second-order valence-corrected chi connectivity index (χ2v) is 7.66. The smallest absolute Gasteiger partial charge is 0.411 e. The first kappa shape index (κ1) is 23.9. The number of halogens is 4. The van der Waals surface area contributed by atoms with Gasteiger partial charge in [-0.2, -0.15) is 13.2 Å². The third kappa shape index (κ3) is 7.13. The lowest BCUT2D eigenvalue weighted by molar-refractivity contribution is -0.176. The highest BCUT2D eigenvalue weighted by atomic mass is 35.5. The molecular weight excluding hydrogens is 449 g/mol. The number of carbonyl (C=O) groups excluding carboxylic acids is 2. The van der Waals surface area contributed by atoms with Crippen molar-refractivity contribution in [1.29, 1.82) is 0 Å². The number of nitrogens with zero attached hydrogens (tertiary/aromatic N) is 2. The molecule has 1 aliphatic rings. The van der Waals surface area contributed by atoms with Gasteiger partial charge >= 0.3 is 6.18 Å². The second kappa shape index (κ2) is 10.7. The van der Waals surface area contributed by atoms with Crippen molar-refractivity contribution in [3.63, 3.8) is 0 Å². The van der Waals surface area contributed by atoms with E-state index in [1.165, 1.54) is 0 Å². The highest BCUT2D eigenvalue weighted by Crippen LogP contribution is 2.17. The summed E-state index contributed by atoms with van der Waals surface area (Å²) in [6, 6.07) is 13.0. The number of ether oxygens (including phenoxy) is 2. The Morgan fingerprint density at radius 1 is 0.906 bits per heavy atom. The molecule has 2 aromatic carbocycles. The quantitative estimate of drug-likeness (QED) is 0.618. The molecule has 32 heavy (non-hydrogen) atoms. The first-order valence-corrected chi connectivity index (χ1v) is 10.3. The fourth-order valence-corrected chi connectivity index (χ4v) is 3.26. The van der Waals surface area contributed by atoms with Gasteiger partial charge in [-0.05, 0) is 42.0 Å². The summed E-state index contributed by atoms with van der Waals surface area (Å²) in [6.07, 6.45) is -4.37. The SMILES string of the molecule is O=C(COc1ccc(Cl)cc1)N1CCN(C(=O)c2ccc(COCC(F)(F)F)cc2)CC1. The van der Waals surface area contributed by atoms with E-state index >= 15 is 0 Å². The summed E-state index contributed by atoms with van der Waals surface area (Å²) in [5, 5.41) is 0.578. The molecule has 2 amide bonds. The predicted octanol–water partition coefficient (Wildman–Crippen LogP) is 3.78. The fourth-order valence-electron chi connectivity index (χ4n) is 3.14. The maximum absolute atomic E-state index is 12.7. The number of amides is 2. The van der Waals surface area contributed by atoms with Crippen LogP contribution in [0, 0.1) is 0 Å². The van der Waals surface area contributed by atoms with Crippen LogP contribution >= 0.6 is 11.6 Å². The van der Waals surface area contributed by atoms with Crippen LogP contribution in [0.2, 0.25) is 5.02 Å². The second-order valence-electron chi connectivity index (χ2n) is 7.22. The van der Waals surface area contributed by atoms with Gasteiger partial charge in [0.25, 0.3) is 11.8 Å². The van der Waals surface area contributed by atoms with Gasteiger partial charge in [0.1, 0.15) is 12.4 Å². The van der Waals surface area contributed by atoms with E-state index in [2.05, 4.69) is 4.74 Å². The predicted molar refractivity (Wildman–Crippen MR) is 112 cm³/mol. The lowest BCUT2D eigenvalue weighted by Crippen LogP contribution is -2.51. The van der Waals surface area contributed by atoms with Gasteiger partial charge in [0, 0.05) is 36.8 Å². The van der Waals surface area contributed by atoms with Crippen LogP contribution in [0.3, 0.4) is 0 Å². The minimum Gasteiger partial charge on any atom is -0.484 e. The van der Waals surface area contributed by atoms with Gasteiger partial charge in [0.2, 0.25) is 0 Å². The Balaban J connectivity index is 1.43. The first-order chi connectivity index (χ1) is 15.2. The topological polar surface area (TPSA) is 59.1 Å². The van der Waals surface area contributed by atoms with Crippen molar-refractivity contribution in [2.75, 3.05) is 39.4 Å². The molecular formula is C22H22ClF3N2O4. The number of alkyl halides is 3. The molecule has 172 valence electrons. The zero-order chi connectivity index (χ0) is 23.1. The van der Waals surface area contributed by atoms with E-state index in [-0.39, 0.29) is 25.0 Å². The van der Waals surface area contributed by atoms with Crippen LogP contribution < -0.4 is 4.74 Å². The molecule has 1 fully saturated rings. The largest absolute Gasteiger partial charge is 0.484 e. The van der Waals surface area contributed by atoms with Crippen molar-refractivity contribution in [3.05, 3.63) is 64.7 Å². The summed E-state index contributed by atoms with van der Waals surface area (Å²) >= 11 is 5.82. The number of hydrogen-bond donors (Lipinski definition) is 0. The molecule has 0 unspecified atom stereocenters. The molecule has 2 aromatic rings. The highest BCUT2D eigenvalue weighted by Gasteiger charge is 2.27. The molecule has 0 aromatic heterocycles. The molecule has 0 saturated carbocycles. The molecule has 6 nitrogen and oxygen atoms in total. The van der Waals surface area contributed by atoms with Crippen LogP contribution in [0.5, 0.6) is 5.75 Å². The molecule has 0 aliphatic carbocycles. The van der Waals surface area contributed by atoms with E-state index in [4.69, 9.17) is 16.3 Å². The molecule has 1 aliphatic heterocycles. The van der Waals surface area contributed by atoms with Gasteiger partial charge in [-0.1, -0.05) is 23.7 Å². The summed E-state index contributed by atoms with van der Waals surface area (Å²) in [7, 11) is 0. The van der Waals surface area contributed by atoms with Gasteiger partial charge in [0.15, 0.2) is 6.61 Å². The maximum atomic E-state index is 12.7. The van der Waals surface area contributed by atoms with Crippen LogP contribution in [0.25, 0.3) is 0 Å². The lowest BCUT2D eigenvalue weighted by atomic mass is 10.1. The zero-order valence-corrected chi connectivity index (χ0v) is 17.9. The summed E-state index contributed by atoms with van der Waals surface area (Å²) in [6.45, 7) is -0.0819. The Bertz CT molecular complexity index is 912. The summed E-state index contributed by atoms with van der Waals surface area (Å²) < 4.78 is 46.5.